The van der Waals surface area contributed by atoms with Crippen molar-refractivity contribution in [1.29, 1.82) is 0 Å². The predicted molar refractivity (Wildman–Crippen MR) is 100 cm³/mol. The number of primary amides is 1. The van der Waals surface area contributed by atoms with Crippen LogP contribution in [0.2, 0.25) is 0 Å². The summed E-state index contributed by atoms with van der Waals surface area (Å²) in [6, 6.07) is 6.45. The summed E-state index contributed by atoms with van der Waals surface area (Å²) in [6.45, 7) is 5.43. The molecule has 0 spiro atoms. The molecule has 148 valence electrons. The van der Waals surface area contributed by atoms with Crippen molar-refractivity contribution in [2.75, 3.05) is 6.61 Å². The van der Waals surface area contributed by atoms with E-state index in [0.29, 0.717) is 11.8 Å². The Kier molecular flexibility index (Phi) is 7.21. The highest BCUT2D eigenvalue weighted by molar-refractivity contribution is 5.95. The second-order valence-electron chi connectivity index (χ2n) is 7.16. The molecule has 3 N–H and O–H groups in total. The van der Waals surface area contributed by atoms with E-state index in [2.05, 4.69) is 19.2 Å². The Hall–Kier alpha value is -2.57. The summed E-state index contributed by atoms with van der Waals surface area (Å²) in [5, 5.41) is 2.98. The molecule has 2 amide bonds. The number of carbonyl (C=O) groups excluding carboxylic acids is 3. The van der Waals surface area contributed by atoms with Gasteiger partial charge >= 0.3 is 5.97 Å². The molecule has 4 atom stereocenters. The van der Waals surface area contributed by atoms with Crippen molar-refractivity contribution in [3.05, 3.63) is 29.8 Å². The summed E-state index contributed by atoms with van der Waals surface area (Å²) in [7, 11) is 0. The van der Waals surface area contributed by atoms with Gasteiger partial charge < -0.3 is 20.5 Å². The van der Waals surface area contributed by atoms with E-state index in [4.69, 9.17) is 15.2 Å². The van der Waals surface area contributed by atoms with E-state index in [-0.39, 0.29) is 23.3 Å². The molecule has 0 saturated heterocycles. The first-order valence-electron chi connectivity index (χ1n) is 9.31. The number of nitrogens with one attached hydrogen (secondary N) is 1. The normalized spacial score (nSPS) is 23.1. The smallest absolute Gasteiger partial charge is 0.344 e. The summed E-state index contributed by atoms with van der Waals surface area (Å²) < 4.78 is 10.5. The third-order valence-electron chi connectivity index (χ3n) is 5.21. The van der Waals surface area contributed by atoms with Gasteiger partial charge in [-0.1, -0.05) is 38.8 Å². The maximum atomic E-state index is 12.3. The lowest BCUT2D eigenvalue weighted by Gasteiger charge is -2.35. The van der Waals surface area contributed by atoms with Crippen molar-refractivity contribution in [2.45, 2.75) is 52.2 Å². The van der Waals surface area contributed by atoms with Gasteiger partial charge in [0.15, 0.2) is 12.7 Å². The van der Waals surface area contributed by atoms with Crippen LogP contribution in [0.1, 0.15) is 50.4 Å². The van der Waals surface area contributed by atoms with Gasteiger partial charge in [0.1, 0.15) is 5.75 Å². The average Bonchev–Trinajstić information content (AvgIpc) is 2.63. The van der Waals surface area contributed by atoms with E-state index in [1.807, 2.05) is 0 Å². The lowest BCUT2D eigenvalue weighted by Crippen LogP contribution is -2.47. The van der Waals surface area contributed by atoms with Crippen LogP contribution in [0.5, 0.6) is 5.75 Å². The molecule has 1 aromatic carbocycles. The molecule has 0 aromatic heterocycles. The molecule has 0 radical (unpaired) electrons. The summed E-state index contributed by atoms with van der Waals surface area (Å²) >= 11 is 0. The van der Waals surface area contributed by atoms with Gasteiger partial charge in [-0.05, 0) is 37.3 Å². The summed E-state index contributed by atoms with van der Waals surface area (Å²) in [6.07, 6.45) is 2.27. The third kappa shape index (κ3) is 5.70. The zero-order chi connectivity index (χ0) is 20.0. The van der Waals surface area contributed by atoms with Crippen LogP contribution >= 0.6 is 0 Å². The van der Waals surface area contributed by atoms with Crippen molar-refractivity contribution in [2.24, 2.45) is 17.6 Å². The van der Waals surface area contributed by atoms with Crippen molar-refractivity contribution in [3.63, 3.8) is 0 Å². The number of hydrogen-bond donors (Lipinski definition) is 2. The number of hydrogen-bond acceptors (Lipinski definition) is 5. The molecule has 1 aliphatic carbocycles. The number of rotatable bonds is 7. The van der Waals surface area contributed by atoms with Gasteiger partial charge in [-0.15, -0.1) is 0 Å². The van der Waals surface area contributed by atoms with E-state index >= 15 is 0 Å². The van der Waals surface area contributed by atoms with Gasteiger partial charge in [-0.25, -0.2) is 4.79 Å². The van der Waals surface area contributed by atoms with E-state index in [9.17, 15) is 14.4 Å². The fourth-order valence-corrected chi connectivity index (χ4v) is 3.30. The number of para-hydroxylation sites is 1. The SMILES string of the molecule is C[C@@H]1[C@H](C)CCC[C@@H]1NC(=O)[C@@H](C)OC(=O)COc1ccccc1C(N)=O. The van der Waals surface area contributed by atoms with Crippen LogP contribution in [0.15, 0.2) is 24.3 Å². The lowest BCUT2D eigenvalue weighted by molar-refractivity contribution is -0.157. The van der Waals surface area contributed by atoms with Gasteiger partial charge in [0.25, 0.3) is 11.8 Å². The van der Waals surface area contributed by atoms with Crippen molar-refractivity contribution >= 4 is 17.8 Å². The first-order valence-corrected chi connectivity index (χ1v) is 9.31. The van der Waals surface area contributed by atoms with Crippen LogP contribution in [0.4, 0.5) is 0 Å². The van der Waals surface area contributed by atoms with Gasteiger partial charge in [0.05, 0.1) is 5.56 Å². The van der Waals surface area contributed by atoms with E-state index < -0.39 is 24.6 Å². The molecule has 0 bridgehead atoms. The minimum Gasteiger partial charge on any atom is -0.481 e. The molecule has 1 fully saturated rings. The molecule has 1 saturated carbocycles. The van der Waals surface area contributed by atoms with Crippen LogP contribution in [0.25, 0.3) is 0 Å². The molecular formula is C20H28N2O5. The number of ether oxygens (including phenoxy) is 2. The van der Waals surface area contributed by atoms with Crippen LogP contribution < -0.4 is 15.8 Å². The summed E-state index contributed by atoms with van der Waals surface area (Å²) in [5.41, 5.74) is 5.44. The van der Waals surface area contributed by atoms with Gasteiger partial charge in [0, 0.05) is 6.04 Å². The van der Waals surface area contributed by atoms with E-state index in [1.54, 1.807) is 12.1 Å². The quantitative estimate of drug-likeness (QED) is 0.708. The number of nitrogens with two attached hydrogens (primary N) is 1. The molecule has 1 aromatic rings. The highest BCUT2D eigenvalue weighted by Gasteiger charge is 2.30. The highest BCUT2D eigenvalue weighted by Crippen LogP contribution is 2.29. The van der Waals surface area contributed by atoms with Gasteiger partial charge in [0.2, 0.25) is 0 Å². The first kappa shape index (κ1) is 20.7. The number of amides is 2. The summed E-state index contributed by atoms with van der Waals surface area (Å²) in [4.78, 5) is 35.6. The van der Waals surface area contributed by atoms with Crippen LogP contribution in [0, 0.1) is 11.8 Å². The van der Waals surface area contributed by atoms with Gasteiger partial charge in [-0.3, -0.25) is 9.59 Å². The van der Waals surface area contributed by atoms with Crippen molar-refractivity contribution in [1.82, 2.24) is 5.32 Å². The fraction of sp³-hybridized carbons (Fsp3) is 0.550. The Labute approximate surface area is 159 Å². The number of carbonyl (C=O) groups is 3. The fourth-order valence-electron chi connectivity index (χ4n) is 3.30. The minimum atomic E-state index is -0.920. The third-order valence-corrected chi connectivity index (χ3v) is 5.21. The zero-order valence-electron chi connectivity index (χ0n) is 16.1. The monoisotopic (exact) mass is 376 g/mol. The number of esters is 1. The maximum absolute atomic E-state index is 12.3. The van der Waals surface area contributed by atoms with Crippen LogP contribution in [-0.2, 0) is 14.3 Å². The summed E-state index contributed by atoms with van der Waals surface area (Å²) in [5.74, 6) is -0.514. The maximum Gasteiger partial charge on any atom is 0.344 e. The number of benzene rings is 1. The molecule has 7 heteroatoms. The molecule has 0 aliphatic heterocycles. The molecule has 0 unspecified atom stereocenters. The highest BCUT2D eigenvalue weighted by atomic mass is 16.6. The van der Waals surface area contributed by atoms with Crippen molar-refractivity contribution < 1.29 is 23.9 Å². The molecule has 1 aliphatic rings. The van der Waals surface area contributed by atoms with E-state index in [1.165, 1.54) is 25.5 Å². The second-order valence-corrected chi connectivity index (χ2v) is 7.16. The molecular weight excluding hydrogens is 348 g/mol. The Morgan fingerprint density at radius 2 is 1.93 bits per heavy atom. The Morgan fingerprint density at radius 3 is 2.63 bits per heavy atom. The van der Waals surface area contributed by atoms with E-state index in [0.717, 1.165) is 12.8 Å². The lowest BCUT2D eigenvalue weighted by atomic mass is 9.78. The molecule has 7 nitrogen and oxygen atoms in total. The van der Waals surface area contributed by atoms with Crippen LogP contribution in [-0.4, -0.2) is 36.5 Å². The molecule has 27 heavy (non-hydrogen) atoms. The van der Waals surface area contributed by atoms with Crippen molar-refractivity contribution in [3.8, 4) is 5.75 Å². The Bertz CT molecular complexity index is 691. The molecule has 2 rings (SSSR count). The Morgan fingerprint density at radius 1 is 1.22 bits per heavy atom. The Balaban J connectivity index is 1.83. The van der Waals surface area contributed by atoms with Crippen LogP contribution in [0.3, 0.4) is 0 Å². The average molecular weight is 376 g/mol. The largest absolute Gasteiger partial charge is 0.481 e. The zero-order valence-corrected chi connectivity index (χ0v) is 16.1. The standard InChI is InChI=1S/C20H28N2O5/c1-12-7-6-9-16(13(12)2)22-20(25)14(3)27-18(23)11-26-17-10-5-4-8-15(17)19(21)24/h4-5,8,10,12-14,16H,6-7,9,11H2,1-3H3,(H2,21,24)(H,22,25)/t12-,13-,14-,16+/m1/s1. The minimum absolute atomic E-state index is 0.0982. The topological polar surface area (TPSA) is 108 Å². The predicted octanol–water partition coefficient (Wildman–Crippen LogP) is 2.04. The molecule has 0 heterocycles. The first-order chi connectivity index (χ1) is 12.8. The second kappa shape index (κ2) is 9.39. The van der Waals surface area contributed by atoms with Gasteiger partial charge in [-0.2, -0.15) is 0 Å².